The Bertz CT molecular complexity index is 758. The number of hydrogen-bond acceptors (Lipinski definition) is 4. The van der Waals surface area contributed by atoms with Crippen LogP contribution >= 0.6 is 0 Å². The van der Waals surface area contributed by atoms with Gasteiger partial charge in [-0.05, 0) is 49.8 Å². The molecule has 3 rings (SSSR count). The van der Waals surface area contributed by atoms with Gasteiger partial charge in [-0.15, -0.1) is 0 Å². The highest BCUT2D eigenvalue weighted by molar-refractivity contribution is 5.84. The molecule has 118 valence electrons. The van der Waals surface area contributed by atoms with Crippen molar-refractivity contribution in [1.82, 2.24) is 4.98 Å². The van der Waals surface area contributed by atoms with Gasteiger partial charge in [-0.1, -0.05) is 12.1 Å². The predicted octanol–water partition coefficient (Wildman–Crippen LogP) is 3.38. The van der Waals surface area contributed by atoms with Gasteiger partial charge in [0, 0.05) is 5.39 Å². The molecule has 1 aromatic heterocycles. The van der Waals surface area contributed by atoms with Crippen LogP contribution < -0.4 is 4.74 Å². The molecule has 0 bridgehead atoms. The summed E-state index contributed by atoms with van der Waals surface area (Å²) >= 11 is 0. The van der Waals surface area contributed by atoms with E-state index >= 15 is 0 Å². The highest BCUT2D eigenvalue weighted by Crippen LogP contribution is 2.30. The summed E-state index contributed by atoms with van der Waals surface area (Å²) in [5.74, 6) is 0.162. The smallest absolute Gasteiger partial charge is 0.306 e. The third-order valence-electron chi connectivity index (χ3n) is 4.47. The molecule has 2 aromatic rings. The van der Waals surface area contributed by atoms with Crippen LogP contribution in [-0.4, -0.2) is 22.7 Å². The SMILES string of the molecule is N#Cc1ccc2cccc(OCC3CCC(C(=O)O)CC3)c2n1. The van der Waals surface area contributed by atoms with Crippen LogP contribution in [0.25, 0.3) is 10.9 Å². The number of benzene rings is 1. The average Bonchev–Trinajstić information content (AvgIpc) is 2.59. The lowest BCUT2D eigenvalue weighted by Crippen LogP contribution is -2.24. The average molecular weight is 310 g/mol. The number of hydrogen-bond donors (Lipinski definition) is 1. The molecule has 5 nitrogen and oxygen atoms in total. The molecule has 5 heteroatoms. The second-order valence-corrected chi connectivity index (χ2v) is 6.00. The van der Waals surface area contributed by atoms with Crippen LogP contribution in [0.2, 0.25) is 0 Å². The van der Waals surface area contributed by atoms with Gasteiger partial charge in [0.1, 0.15) is 23.0 Å². The summed E-state index contributed by atoms with van der Waals surface area (Å²) in [6, 6.07) is 11.3. The van der Waals surface area contributed by atoms with Crippen molar-refractivity contribution in [2.75, 3.05) is 6.61 Å². The highest BCUT2D eigenvalue weighted by atomic mass is 16.5. The van der Waals surface area contributed by atoms with Gasteiger partial charge < -0.3 is 9.84 Å². The third-order valence-corrected chi connectivity index (χ3v) is 4.47. The molecule has 0 amide bonds. The fraction of sp³-hybridized carbons (Fsp3) is 0.389. The lowest BCUT2D eigenvalue weighted by atomic mass is 9.82. The fourth-order valence-electron chi connectivity index (χ4n) is 3.08. The molecular weight excluding hydrogens is 292 g/mol. The number of aromatic nitrogens is 1. The van der Waals surface area contributed by atoms with E-state index in [0.717, 1.165) is 31.1 Å². The number of ether oxygens (including phenoxy) is 1. The second-order valence-electron chi connectivity index (χ2n) is 6.00. The van der Waals surface area contributed by atoms with E-state index in [-0.39, 0.29) is 5.92 Å². The minimum absolute atomic E-state index is 0.205. The van der Waals surface area contributed by atoms with Crippen LogP contribution in [0.3, 0.4) is 0 Å². The monoisotopic (exact) mass is 310 g/mol. The summed E-state index contributed by atoms with van der Waals surface area (Å²) < 4.78 is 5.93. The van der Waals surface area contributed by atoms with Gasteiger partial charge >= 0.3 is 5.97 Å². The van der Waals surface area contributed by atoms with Crippen LogP contribution in [0.4, 0.5) is 0 Å². The first-order chi connectivity index (χ1) is 11.2. The number of fused-ring (bicyclic) bond motifs is 1. The van der Waals surface area contributed by atoms with E-state index in [1.54, 1.807) is 6.07 Å². The minimum Gasteiger partial charge on any atom is -0.491 e. The first-order valence-electron chi connectivity index (χ1n) is 7.83. The maximum atomic E-state index is 11.0. The van der Waals surface area contributed by atoms with Gasteiger partial charge in [-0.3, -0.25) is 4.79 Å². The summed E-state index contributed by atoms with van der Waals surface area (Å²) in [6.45, 7) is 0.559. The van der Waals surface area contributed by atoms with E-state index in [1.807, 2.05) is 30.3 Å². The Morgan fingerprint density at radius 3 is 2.74 bits per heavy atom. The first-order valence-corrected chi connectivity index (χ1v) is 7.83. The molecule has 0 aliphatic heterocycles. The van der Waals surface area contributed by atoms with Crippen LogP contribution in [0, 0.1) is 23.2 Å². The molecule has 0 unspecified atom stereocenters. The number of carboxylic acids is 1. The van der Waals surface area contributed by atoms with Gasteiger partial charge in [0.2, 0.25) is 0 Å². The zero-order valence-corrected chi connectivity index (χ0v) is 12.7. The fourth-order valence-corrected chi connectivity index (χ4v) is 3.08. The molecule has 0 spiro atoms. The molecule has 0 atom stereocenters. The van der Waals surface area contributed by atoms with Crippen LogP contribution in [0.5, 0.6) is 5.75 Å². The van der Waals surface area contributed by atoms with Crippen molar-refractivity contribution in [2.45, 2.75) is 25.7 Å². The maximum Gasteiger partial charge on any atom is 0.306 e. The molecular formula is C18H18N2O3. The summed E-state index contributed by atoms with van der Waals surface area (Å²) in [7, 11) is 0. The van der Waals surface area contributed by atoms with Crippen molar-refractivity contribution < 1.29 is 14.6 Å². The molecule has 1 aliphatic carbocycles. The molecule has 1 fully saturated rings. The van der Waals surface area contributed by atoms with E-state index in [2.05, 4.69) is 4.98 Å². The Morgan fingerprint density at radius 1 is 1.26 bits per heavy atom. The topological polar surface area (TPSA) is 83.2 Å². The van der Waals surface area contributed by atoms with E-state index < -0.39 is 5.97 Å². The van der Waals surface area contributed by atoms with Crippen LogP contribution in [-0.2, 0) is 4.79 Å². The molecule has 0 radical (unpaired) electrons. The van der Waals surface area contributed by atoms with Crippen molar-refractivity contribution in [3.05, 3.63) is 36.0 Å². The highest BCUT2D eigenvalue weighted by Gasteiger charge is 2.26. The number of para-hydroxylation sites is 1. The summed E-state index contributed by atoms with van der Waals surface area (Å²) in [4.78, 5) is 15.3. The number of pyridine rings is 1. The largest absolute Gasteiger partial charge is 0.491 e. The van der Waals surface area contributed by atoms with E-state index in [0.29, 0.717) is 29.5 Å². The number of nitrogens with zero attached hydrogens (tertiary/aromatic N) is 2. The Hall–Kier alpha value is -2.61. The van der Waals surface area contributed by atoms with Crippen LogP contribution in [0.1, 0.15) is 31.4 Å². The quantitative estimate of drug-likeness (QED) is 0.936. The third kappa shape index (κ3) is 3.42. The van der Waals surface area contributed by atoms with E-state index in [1.165, 1.54) is 0 Å². The van der Waals surface area contributed by atoms with Gasteiger partial charge in [0.05, 0.1) is 12.5 Å². The molecule has 0 saturated heterocycles. The van der Waals surface area contributed by atoms with Crippen LogP contribution in [0.15, 0.2) is 30.3 Å². The minimum atomic E-state index is -0.688. The number of aliphatic carboxylic acids is 1. The lowest BCUT2D eigenvalue weighted by molar-refractivity contribution is -0.143. The van der Waals surface area contributed by atoms with Crippen molar-refractivity contribution in [3.63, 3.8) is 0 Å². The standard InChI is InChI=1S/C18H18N2O3/c19-10-15-9-8-13-2-1-3-16(17(13)20-15)23-11-12-4-6-14(7-5-12)18(21)22/h1-3,8-9,12,14H,4-7,11H2,(H,21,22). The van der Waals surface area contributed by atoms with Crippen molar-refractivity contribution in [2.24, 2.45) is 11.8 Å². The van der Waals surface area contributed by atoms with Crippen molar-refractivity contribution in [1.29, 1.82) is 5.26 Å². The second kappa shape index (κ2) is 6.66. The van der Waals surface area contributed by atoms with Gasteiger partial charge in [0.15, 0.2) is 0 Å². The molecule has 1 saturated carbocycles. The molecule has 1 aromatic carbocycles. The lowest BCUT2D eigenvalue weighted by Gasteiger charge is -2.26. The number of nitriles is 1. The molecule has 1 N–H and O–H groups in total. The Balaban J connectivity index is 1.68. The Labute approximate surface area is 134 Å². The van der Waals surface area contributed by atoms with Crippen molar-refractivity contribution in [3.8, 4) is 11.8 Å². The molecule has 23 heavy (non-hydrogen) atoms. The number of carbonyl (C=O) groups is 1. The van der Waals surface area contributed by atoms with Gasteiger partial charge in [0.25, 0.3) is 0 Å². The van der Waals surface area contributed by atoms with E-state index in [4.69, 9.17) is 15.1 Å². The first kappa shape index (κ1) is 15.3. The molecule has 1 aliphatic rings. The number of carboxylic acid groups (broad SMARTS) is 1. The zero-order valence-electron chi connectivity index (χ0n) is 12.7. The zero-order chi connectivity index (χ0) is 16.2. The van der Waals surface area contributed by atoms with Gasteiger partial charge in [-0.2, -0.15) is 5.26 Å². The summed E-state index contributed by atoms with van der Waals surface area (Å²) in [5, 5.41) is 19.0. The predicted molar refractivity (Wildman–Crippen MR) is 85.0 cm³/mol. The summed E-state index contributed by atoms with van der Waals surface area (Å²) in [6.07, 6.45) is 3.18. The van der Waals surface area contributed by atoms with Crippen molar-refractivity contribution >= 4 is 16.9 Å². The normalized spacial score (nSPS) is 20.8. The summed E-state index contributed by atoms with van der Waals surface area (Å²) in [5.41, 5.74) is 1.07. The molecule has 1 heterocycles. The van der Waals surface area contributed by atoms with E-state index in [9.17, 15) is 4.79 Å². The maximum absolute atomic E-state index is 11.0. The van der Waals surface area contributed by atoms with Gasteiger partial charge in [-0.25, -0.2) is 4.98 Å². The number of rotatable bonds is 4. The Morgan fingerprint density at radius 2 is 2.04 bits per heavy atom. The Kier molecular flexibility index (Phi) is 4.42.